The molecule has 0 saturated heterocycles. The second-order valence-electron chi connectivity index (χ2n) is 1.58. The maximum absolute atomic E-state index is 7.64. The average Bonchev–Trinajstić information content (AvgIpc) is 2.53. The van der Waals surface area contributed by atoms with Crippen LogP contribution in [0.1, 0.15) is 27.6 Å². The van der Waals surface area contributed by atoms with Crippen molar-refractivity contribution in [1.82, 2.24) is 4.98 Å². The molecule has 62 valence electrons. The molecule has 0 aliphatic rings. The molecule has 1 aromatic rings. The van der Waals surface area contributed by atoms with Gasteiger partial charge in [-0.1, -0.05) is 18.2 Å². The number of hydrogen-bond acceptors (Lipinski definition) is 3. The van der Waals surface area contributed by atoms with Crippen LogP contribution in [-0.4, -0.2) is 18.9 Å². The first kappa shape index (κ1) is 2.23. The maximum atomic E-state index is 7.64. The van der Waals surface area contributed by atoms with E-state index in [9.17, 15) is 0 Å². The van der Waals surface area contributed by atoms with E-state index in [1.165, 1.54) is 0 Å². The van der Waals surface area contributed by atoms with Gasteiger partial charge in [0.1, 0.15) is 0 Å². The zero-order valence-corrected chi connectivity index (χ0v) is 7.58. The first-order valence-electron chi connectivity index (χ1n) is 7.97. The van der Waals surface area contributed by atoms with E-state index >= 15 is 0 Å². The number of thiazole rings is 1. The van der Waals surface area contributed by atoms with Gasteiger partial charge in [-0.3, -0.25) is 0 Å². The van der Waals surface area contributed by atoms with Crippen LogP contribution >= 0.6 is 27.3 Å². The summed E-state index contributed by atoms with van der Waals surface area (Å²) < 4.78 is 80.5. The third kappa shape index (κ3) is 1.93. The molecule has 0 bridgehead atoms. The fourth-order valence-electron chi connectivity index (χ4n) is 0.464. The van der Waals surface area contributed by atoms with Crippen molar-refractivity contribution in [2.45, 2.75) is 13.2 Å². The lowest BCUT2D eigenvalue weighted by Gasteiger charge is -2.04. The van der Waals surface area contributed by atoms with Gasteiger partial charge in [-0.25, -0.2) is 4.98 Å². The third-order valence-electron chi connectivity index (χ3n) is 0.884. The molecule has 0 aromatic carbocycles. The Morgan fingerprint density at radius 1 is 1.82 bits per heavy atom. The Morgan fingerprint density at radius 2 is 2.64 bits per heavy atom. The molecule has 0 amide bonds. The molecule has 4 heteroatoms. The van der Waals surface area contributed by atoms with E-state index in [1.54, 1.807) is 0 Å². The van der Waals surface area contributed by atoms with Crippen LogP contribution in [-0.2, 0) is 6.37 Å². The largest absolute Gasteiger partial charge is 0.354 e. The molecule has 0 N–H and O–H groups in total. The Kier molecular flexibility index (Phi) is 0.718. The number of aryl methyl sites for hydroxylation is 1. The second kappa shape index (κ2) is 3.54. The van der Waals surface area contributed by atoms with Crippen molar-refractivity contribution >= 4 is 32.4 Å². The van der Waals surface area contributed by atoms with Gasteiger partial charge in [-0.15, -0.1) is 0 Å². The van der Waals surface area contributed by atoms with Gasteiger partial charge in [-0.2, -0.15) is 0 Å². The van der Waals surface area contributed by atoms with Crippen LogP contribution in [0, 0.1) is 0 Å². The van der Waals surface area contributed by atoms with E-state index in [4.69, 9.17) is 15.1 Å². The summed E-state index contributed by atoms with van der Waals surface area (Å²) in [5, 5.41) is -0.519. The fraction of sp³-hybridized carbons (Fsp3) is 0.571. The average molecular weight is 246 g/mol. The molecule has 1 aromatic heterocycles. The molecule has 0 atom stereocenters. The number of rotatable bonds is 2. The number of nitrogens with zero attached hydrogens (tertiary/aromatic N) is 2. The van der Waals surface area contributed by atoms with Crippen LogP contribution in [0.4, 0.5) is 5.13 Å². The van der Waals surface area contributed by atoms with Crippen molar-refractivity contribution in [1.29, 1.82) is 0 Å². The minimum absolute atomic E-state index is 0.0779. The first-order chi connectivity index (χ1) is 9.49. The Hall–Kier alpha value is -0.0900. The third-order valence-corrected chi connectivity index (χ3v) is 2.57. The van der Waals surface area contributed by atoms with Gasteiger partial charge in [0.2, 0.25) is 0 Å². The highest BCUT2D eigenvalue weighted by Gasteiger charge is 2.07. The lowest BCUT2D eigenvalue weighted by Crippen LogP contribution is -2.07. The van der Waals surface area contributed by atoms with Gasteiger partial charge in [0.25, 0.3) is 0 Å². The van der Waals surface area contributed by atoms with Crippen LogP contribution in [0.3, 0.4) is 0 Å². The highest BCUT2D eigenvalue weighted by atomic mass is 79.9. The summed E-state index contributed by atoms with van der Waals surface area (Å²) in [6, 6.07) is 0. The molecule has 1 rings (SSSR count). The number of anilines is 1. The number of hydrogen-bond donors (Lipinski definition) is 0. The van der Waals surface area contributed by atoms with Crippen molar-refractivity contribution < 1.29 is 15.1 Å². The standard InChI is InChI=1S/C7H11BrN2S/c1-4-5-6(8)11-7(9-5)10(2)3/h4H2,1-3H3/i1D3,2D3,3D3,4D2. The van der Waals surface area contributed by atoms with Gasteiger partial charge >= 0.3 is 0 Å². The van der Waals surface area contributed by atoms with Crippen molar-refractivity contribution in [3.63, 3.8) is 0 Å². The summed E-state index contributed by atoms with van der Waals surface area (Å²) in [5.74, 6) is 0. The summed E-state index contributed by atoms with van der Waals surface area (Å²) >= 11 is 3.46. The zero-order chi connectivity index (χ0) is 17.7. The molecule has 0 aliphatic carbocycles. The molecule has 0 saturated carbocycles. The molecule has 11 heavy (non-hydrogen) atoms. The van der Waals surface area contributed by atoms with Gasteiger partial charge in [0.05, 0.1) is 9.48 Å². The smallest absolute Gasteiger partial charge is 0.186 e. The minimum atomic E-state index is -3.05. The molecule has 2 nitrogen and oxygen atoms in total. The van der Waals surface area contributed by atoms with Crippen molar-refractivity contribution in [2.75, 3.05) is 18.9 Å². The minimum Gasteiger partial charge on any atom is -0.354 e. The Balaban J connectivity index is 3.46. The van der Waals surface area contributed by atoms with E-state index in [-0.39, 0.29) is 8.69 Å². The van der Waals surface area contributed by atoms with E-state index in [0.29, 0.717) is 11.3 Å². The predicted molar refractivity (Wildman–Crippen MR) is 53.5 cm³/mol. The highest BCUT2D eigenvalue weighted by Crippen LogP contribution is 2.29. The molecule has 0 unspecified atom stereocenters. The maximum Gasteiger partial charge on any atom is 0.186 e. The molecule has 0 aliphatic heterocycles. The predicted octanol–water partition coefficient (Wildman–Crippen LogP) is 2.53. The van der Waals surface area contributed by atoms with Crippen LogP contribution < -0.4 is 4.90 Å². The van der Waals surface area contributed by atoms with Crippen molar-refractivity contribution in [3.05, 3.63) is 9.48 Å². The Bertz CT molecular complexity index is 528. The second-order valence-corrected chi connectivity index (χ2v) is 3.87. The molecule has 0 fully saturated rings. The van der Waals surface area contributed by atoms with E-state index in [1.807, 2.05) is 0 Å². The summed E-state index contributed by atoms with van der Waals surface area (Å²) in [4.78, 5) is 3.70. The topological polar surface area (TPSA) is 16.1 Å². The van der Waals surface area contributed by atoms with E-state index < -0.39 is 38.0 Å². The quantitative estimate of drug-likeness (QED) is 0.797. The fourth-order valence-corrected chi connectivity index (χ4v) is 1.67. The van der Waals surface area contributed by atoms with Crippen LogP contribution in [0.25, 0.3) is 0 Å². The summed E-state index contributed by atoms with van der Waals surface area (Å²) in [5.41, 5.74) is -0.564. The van der Waals surface area contributed by atoms with Gasteiger partial charge in [0, 0.05) is 29.0 Å². The summed E-state index contributed by atoms with van der Waals surface area (Å²) in [6.45, 7) is -9.15. The number of aromatic nitrogens is 1. The summed E-state index contributed by atoms with van der Waals surface area (Å²) in [7, 11) is 0. The number of halogens is 1. The van der Waals surface area contributed by atoms with Crippen LogP contribution in [0.5, 0.6) is 0 Å². The molecular formula is C7H11BrN2S. The Labute approximate surface area is 94.8 Å². The molecule has 0 radical (unpaired) electrons. The first-order valence-corrected chi connectivity index (χ1v) is 4.07. The lowest BCUT2D eigenvalue weighted by atomic mass is 10.4. The summed E-state index contributed by atoms with van der Waals surface area (Å²) in [6.07, 6.45) is -2.87. The SMILES string of the molecule is [2H]C([2H])([2H])N(c1nc(C([2H])([2H])C([2H])([2H])[2H])c(Br)s1)C([2H])([2H])[2H]. The van der Waals surface area contributed by atoms with Crippen molar-refractivity contribution in [3.8, 4) is 0 Å². The zero-order valence-electron chi connectivity index (χ0n) is 16.2. The highest BCUT2D eigenvalue weighted by molar-refractivity contribution is 9.11. The Morgan fingerprint density at radius 3 is 3.27 bits per heavy atom. The van der Waals surface area contributed by atoms with Gasteiger partial charge in [-0.05, 0) is 22.3 Å². The van der Waals surface area contributed by atoms with E-state index in [0.717, 1.165) is 0 Å². The monoisotopic (exact) mass is 245 g/mol. The van der Waals surface area contributed by atoms with Gasteiger partial charge < -0.3 is 4.90 Å². The van der Waals surface area contributed by atoms with Crippen LogP contribution in [0.15, 0.2) is 3.79 Å². The van der Waals surface area contributed by atoms with Gasteiger partial charge in [0.15, 0.2) is 5.13 Å². The van der Waals surface area contributed by atoms with E-state index in [2.05, 4.69) is 20.9 Å². The lowest BCUT2D eigenvalue weighted by molar-refractivity contribution is 1.02. The van der Waals surface area contributed by atoms with Crippen LogP contribution in [0.2, 0.25) is 0 Å². The molecule has 1 heterocycles. The van der Waals surface area contributed by atoms with Crippen molar-refractivity contribution in [2.24, 2.45) is 0 Å². The molecular weight excluding hydrogens is 224 g/mol. The molecule has 0 spiro atoms. The normalized spacial score (nSPS) is 29.7.